The van der Waals surface area contributed by atoms with Crippen LogP contribution in [-0.4, -0.2) is 34.5 Å². The fourth-order valence-corrected chi connectivity index (χ4v) is 2.54. The Hall–Kier alpha value is -1.21. The normalized spacial score (nSPS) is 15.3. The molecule has 0 bridgehead atoms. The van der Waals surface area contributed by atoms with Crippen molar-refractivity contribution in [2.45, 2.75) is 39.0 Å². The second-order valence-electron chi connectivity index (χ2n) is 5.67. The average molecular weight is 284 g/mol. The van der Waals surface area contributed by atoms with E-state index in [1.54, 1.807) is 0 Å². The largest absolute Gasteiger partial charge is 0.396 e. The zero-order valence-electron chi connectivity index (χ0n) is 11.3. The summed E-state index contributed by atoms with van der Waals surface area (Å²) in [6.07, 6.45) is 3.00. The zero-order chi connectivity index (χ0) is 13.9. The summed E-state index contributed by atoms with van der Waals surface area (Å²) >= 11 is 1.44. The van der Waals surface area contributed by atoms with E-state index < -0.39 is 0 Å². The third-order valence-electron chi connectivity index (χ3n) is 3.10. The maximum atomic E-state index is 11.7. The molecule has 3 N–H and O–H groups in total. The van der Waals surface area contributed by atoms with Gasteiger partial charge < -0.3 is 10.4 Å². The van der Waals surface area contributed by atoms with Crippen LogP contribution < -0.4 is 10.6 Å². The Labute approximate surface area is 116 Å². The molecule has 1 saturated carbocycles. The molecule has 1 aromatic heterocycles. The van der Waals surface area contributed by atoms with Gasteiger partial charge in [0.1, 0.15) is 5.01 Å². The van der Waals surface area contributed by atoms with E-state index in [1.807, 2.05) is 13.8 Å². The molecule has 2 rings (SSSR count). The lowest BCUT2D eigenvalue weighted by Crippen LogP contribution is -2.37. The van der Waals surface area contributed by atoms with Gasteiger partial charge in [-0.1, -0.05) is 25.2 Å². The van der Waals surface area contributed by atoms with Crippen molar-refractivity contribution in [1.29, 1.82) is 0 Å². The molecule has 7 heteroatoms. The molecule has 106 valence electrons. The molecular formula is C12H20N4O2S. The number of hydrogen-bond acceptors (Lipinski definition) is 5. The number of anilines is 1. The number of amides is 2. The van der Waals surface area contributed by atoms with Crippen molar-refractivity contribution >= 4 is 22.5 Å². The Balaban J connectivity index is 1.77. The van der Waals surface area contributed by atoms with E-state index in [9.17, 15) is 4.79 Å². The van der Waals surface area contributed by atoms with Gasteiger partial charge in [0, 0.05) is 19.1 Å². The smallest absolute Gasteiger partial charge is 0.321 e. The van der Waals surface area contributed by atoms with Crippen molar-refractivity contribution < 1.29 is 9.90 Å². The van der Waals surface area contributed by atoms with Crippen molar-refractivity contribution in [3.8, 4) is 0 Å². The highest BCUT2D eigenvalue weighted by Crippen LogP contribution is 2.41. The number of nitrogens with zero attached hydrogens (tertiary/aromatic N) is 2. The Morgan fingerprint density at radius 2 is 2.21 bits per heavy atom. The summed E-state index contributed by atoms with van der Waals surface area (Å²) in [6.45, 7) is 4.63. The van der Waals surface area contributed by atoms with E-state index in [0.29, 0.717) is 24.0 Å². The highest BCUT2D eigenvalue weighted by molar-refractivity contribution is 7.15. The first-order chi connectivity index (χ1) is 9.00. The molecule has 0 radical (unpaired) electrons. The molecule has 19 heavy (non-hydrogen) atoms. The molecule has 0 aliphatic heterocycles. The number of aromatic nitrogens is 2. The van der Waals surface area contributed by atoms with Crippen LogP contribution in [0.1, 0.15) is 44.0 Å². The van der Waals surface area contributed by atoms with E-state index in [-0.39, 0.29) is 18.1 Å². The molecular weight excluding hydrogens is 264 g/mol. The zero-order valence-corrected chi connectivity index (χ0v) is 12.1. The summed E-state index contributed by atoms with van der Waals surface area (Å²) in [7, 11) is 0. The summed E-state index contributed by atoms with van der Waals surface area (Å²) in [5.74, 6) is 0.555. The van der Waals surface area contributed by atoms with Crippen LogP contribution in [0.5, 0.6) is 0 Å². The van der Waals surface area contributed by atoms with Crippen LogP contribution in [0.2, 0.25) is 0 Å². The lowest BCUT2D eigenvalue weighted by molar-refractivity contribution is 0.204. The molecule has 1 aliphatic rings. The summed E-state index contributed by atoms with van der Waals surface area (Å²) in [6, 6.07) is -0.274. The predicted molar refractivity (Wildman–Crippen MR) is 74.4 cm³/mol. The van der Waals surface area contributed by atoms with E-state index in [2.05, 4.69) is 20.8 Å². The van der Waals surface area contributed by atoms with Gasteiger partial charge in [0.05, 0.1) is 0 Å². The van der Waals surface area contributed by atoms with Crippen LogP contribution in [0.3, 0.4) is 0 Å². The quantitative estimate of drug-likeness (QED) is 0.745. The molecule has 6 nitrogen and oxygen atoms in total. The molecule has 0 aromatic carbocycles. The molecule has 1 fully saturated rings. The van der Waals surface area contributed by atoms with E-state index >= 15 is 0 Å². The maximum absolute atomic E-state index is 11.7. The summed E-state index contributed by atoms with van der Waals surface area (Å²) < 4.78 is 0. The Bertz CT molecular complexity index is 443. The Morgan fingerprint density at radius 3 is 2.84 bits per heavy atom. The van der Waals surface area contributed by atoms with Crippen molar-refractivity contribution in [2.24, 2.45) is 5.41 Å². The molecule has 0 unspecified atom stereocenters. The molecule has 1 heterocycles. The number of hydrogen-bond donors (Lipinski definition) is 3. The van der Waals surface area contributed by atoms with Crippen LogP contribution in [-0.2, 0) is 0 Å². The topological polar surface area (TPSA) is 87.1 Å². The number of aliphatic hydroxyl groups excluding tert-OH is 1. The second-order valence-corrected chi connectivity index (χ2v) is 6.67. The molecule has 0 saturated heterocycles. The van der Waals surface area contributed by atoms with Crippen LogP contribution >= 0.6 is 11.3 Å². The number of carbonyl (C=O) groups excluding carboxylic acids is 1. The van der Waals surface area contributed by atoms with Crippen LogP contribution in [0.25, 0.3) is 0 Å². The van der Waals surface area contributed by atoms with Gasteiger partial charge in [-0.05, 0) is 24.7 Å². The van der Waals surface area contributed by atoms with E-state index in [4.69, 9.17) is 5.11 Å². The fraction of sp³-hybridized carbons (Fsp3) is 0.750. The number of aliphatic hydroxyl groups is 1. The molecule has 0 atom stereocenters. The van der Waals surface area contributed by atoms with Gasteiger partial charge in [-0.25, -0.2) is 4.79 Å². The average Bonchev–Trinajstić information content (AvgIpc) is 3.09. The standard InChI is InChI=1S/C12H20N4O2S/c1-12(2,5-6-17)7-13-10(18)14-11-16-15-9(19-11)8-3-4-8/h8,17H,3-7H2,1-2H3,(H2,13,14,16,18). The lowest BCUT2D eigenvalue weighted by Gasteiger charge is -2.23. The molecule has 0 spiro atoms. The maximum Gasteiger partial charge on any atom is 0.321 e. The van der Waals surface area contributed by atoms with Gasteiger partial charge in [0.15, 0.2) is 0 Å². The molecule has 1 aromatic rings. The summed E-state index contributed by atoms with van der Waals surface area (Å²) in [4.78, 5) is 11.7. The molecule has 2 amide bonds. The highest BCUT2D eigenvalue weighted by Gasteiger charge is 2.27. The van der Waals surface area contributed by atoms with Crippen LogP contribution in [0.15, 0.2) is 0 Å². The lowest BCUT2D eigenvalue weighted by atomic mass is 9.90. The van der Waals surface area contributed by atoms with Gasteiger partial charge in [0.2, 0.25) is 5.13 Å². The van der Waals surface area contributed by atoms with Crippen molar-refractivity contribution in [1.82, 2.24) is 15.5 Å². The minimum atomic E-state index is -0.274. The van der Waals surface area contributed by atoms with Crippen LogP contribution in [0.4, 0.5) is 9.93 Å². The number of urea groups is 1. The first-order valence-corrected chi connectivity index (χ1v) is 7.31. The summed E-state index contributed by atoms with van der Waals surface area (Å²) in [5, 5.41) is 24.0. The minimum Gasteiger partial charge on any atom is -0.396 e. The summed E-state index contributed by atoms with van der Waals surface area (Å²) in [5.41, 5.74) is -0.119. The monoisotopic (exact) mass is 284 g/mol. The number of nitrogens with one attached hydrogen (secondary N) is 2. The van der Waals surface area contributed by atoms with Crippen molar-refractivity contribution in [2.75, 3.05) is 18.5 Å². The van der Waals surface area contributed by atoms with E-state index in [1.165, 1.54) is 24.2 Å². The van der Waals surface area contributed by atoms with Gasteiger partial charge in [0.25, 0.3) is 0 Å². The minimum absolute atomic E-state index is 0.119. The van der Waals surface area contributed by atoms with Gasteiger partial charge in [-0.15, -0.1) is 10.2 Å². The third kappa shape index (κ3) is 4.43. The van der Waals surface area contributed by atoms with E-state index in [0.717, 1.165) is 5.01 Å². The first-order valence-electron chi connectivity index (χ1n) is 6.49. The Kier molecular flexibility index (Phi) is 4.36. The van der Waals surface area contributed by atoms with Crippen molar-refractivity contribution in [3.05, 3.63) is 5.01 Å². The highest BCUT2D eigenvalue weighted by atomic mass is 32.1. The van der Waals surface area contributed by atoms with Gasteiger partial charge >= 0.3 is 6.03 Å². The molecule has 1 aliphatic carbocycles. The number of carbonyl (C=O) groups is 1. The Morgan fingerprint density at radius 1 is 1.47 bits per heavy atom. The van der Waals surface area contributed by atoms with Gasteiger partial charge in [-0.3, -0.25) is 5.32 Å². The SMILES string of the molecule is CC(C)(CCO)CNC(=O)Nc1nnc(C2CC2)s1. The predicted octanol–water partition coefficient (Wildman–Crippen LogP) is 1.95. The van der Waals surface area contributed by atoms with Gasteiger partial charge in [-0.2, -0.15) is 0 Å². The number of rotatable bonds is 6. The second kappa shape index (κ2) is 5.83. The van der Waals surface area contributed by atoms with Crippen LogP contribution in [0, 0.1) is 5.41 Å². The van der Waals surface area contributed by atoms with Crippen molar-refractivity contribution in [3.63, 3.8) is 0 Å². The fourth-order valence-electron chi connectivity index (χ4n) is 1.63. The first kappa shape index (κ1) is 14.2. The third-order valence-corrected chi connectivity index (χ3v) is 4.10.